The maximum Gasteiger partial charge on any atom is 0.199 e. The summed E-state index contributed by atoms with van der Waals surface area (Å²) in [5, 5.41) is 7.13. The fraction of sp³-hybridized carbons (Fsp3) is 0.385. The molecule has 3 nitrogen and oxygen atoms in total. The molecule has 0 aliphatic rings. The van der Waals surface area contributed by atoms with Crippen LogP contribution >= 0.6 is 12.2 Å². The first kappa shape index (κ1) is 12.0. The summed E-state index contributed by atoms with van der Waals surface area (Å²) in [6, 6.07) is 4.35. The van der Waals surface area contributed by atoms with Crippen LogP contribution in [0.15, 0.2) is 12.1 Å². The molecule has 0 amide bonds. The lowest BCUT2D eigenvalue weighted by atomic mass is 10.0. The number of benzene rings is 1. The summed E-state index contributed by atoms with van der Waals surface area (Å²) in [4.78, 5) is 0. The third-order valence-corrected chi connectivity index (χ3v) is 3.19. The number of aromatic amines is 1. The minimum absolute atomic E-state index is 0.664. The van der Waals surface area contributed by atoms with E-state index in [9.17, 15) is 0 Å². The summed E-state index contributed by atoms with van der Waals surface area (Å²) in [7, 11) is 0. The molecule has 0 fully saturated rings. The predicted molar refractivity (Wildman–Crippen MR) is 72.3 cm³/mol. The minimum atomic E-state index is 0.664. The van der Waals surface area contributed by atoms with Gasteiger partial charge in [0.25, 0.3) is 0 Å². The standard InChI is InChI=1S/C13H17N3S/c1-5-11-14-15-13(17)16(11)12-9(3)6-8(2)7-10(12)4/h6-7H,5H2,1-4H3,(H,15,17). The second kappa shape index (κ2) is 4.45. The van der Waals surface area contributed by atoms with Crippen molar-refractivity contribution in [2.75, 3.05) is 0 Å². The third-order valence-electron chi connectivity index (χ3n) is 2.92. The van der Waals surface area contributed by atoms with Gasteiger partial charge in [-0.05, 0) is 44.1 Å². The fourth-order valence-electron chi connectivity index (χ4n) is 2.32. The van der Waals surface area contributed by atoms with E-state index in [2.05, 4.69) is 50.0 Å². The number of hydrogen-bond acceptors (Lipinski definition) is 2. The molecule has 0 unspecified atom stereocenters. The van der Waals surface area contributed by atoms with E-state index in [1.54, 1.807) is 0 Å². The van der Waals surface area contributed by atoms with Gasteiger partial charge in [-0.1, -0.05) is 24.6 Å². The van der Waals surface area contributed by atoms with Crippen molar-refractivity contribution >= 4 is 12.2 Å². The van der Waals surface area contributed by atoms with E-state index in [1.165, 1.54) is 16.7 Å². The van der Waals surface area contributed by atoms with Crippen molar-refractivity contribution in [3.63, 3.8) is 0 Å². The number of H-pyrrole nitrogens is 1. The second-order valence-electron chi connectivity index (χ2n) is 4.38. The lowest BCUT2D eigenvalue weighted by Gasteiger charge is -2.13. The Balaban J connectivity index is 2.77. The molecule has 0 radical (unpaired) electrons. The Morgan fingerprint density at radius 2 is 1.82 bits per heavy atom. The van der Waals surface area contributed by atoms with E-state index in [0.717, 1.165) is 17.9 Å². The van der Waals surface area contributed by atoms with Crippen LogP contribution in [-0.2, 0) is 6.42 Å². The van der Waals surface area contributed by atoms with E-state index in [1.807, 2.05) is 4.57 Å². The molecule has 90 valence electrons. The van der Waals surface area contributed by atoms with Crippen molar-refractivity contribution < 1.29 is 0 Å². The first-order chi connectivity index (χ1) is 8.04. The van der Waals surface area contributed by atoms with Gasteiger partial charge in [-0.25, -0.2) is 0 Å². The largest absolute Gasteiger partial charge is 0.272 e. The van der Waals surface area contributed by atoms with Gasteiger partial charge in [0.05, 0.1) is 5.69 Å². The topological polar surface area (TPSA) is 33.6 Å². The first-order valence-corrected chi connectivity index (χ1v) is 6.20. The molecule has 0 atom stereocenters. The second-order valence-corrected chi connectivity index (χ2v) is 4.77. The van der Waals surface area contributed by atoms with E-state index in [4.69, 9.17) is 12.2 Å². The highest BCUT2D eigenvalue weighted by atomic mass is 32.1. The van der Waals surface area contributed by atoms with E-state index < -0.39 is 0 Å². The van der Waals surface area contributed by atoms with Crippen molar-refractivity contribution in [1.29, 1.82) is 0 Å². The highest BCUT2D eigenvalue weighted by Crippen LogP contribution is 2.22. The van der Waals surface area contributed by atoms with Crippen molar-refractivity contribution in [2.45, 2.75) is 34.1 Å². The highest BCUT2D eigenvalue weighted by Gasteiger charge is 2.11. The Morgan fingerprint density at radius 3 is 2.35 bits per heavy atom. The van der Waals surface area contributed by atoms with Crippen LogP contribution in [-0.4, -0.2) is 14.8 Å². The van der Waals surface area contributed by atoms with Gasteiger partial charge in [0.1, 0.15) is 5.82 Å². The van der Waals surface area contributed by atoms with Crippen LogP contribution in [0.25, 0.3) is 5.69 Å². The molecule has 0 aliphatic carbocycles. The number of rotatable bonds is 2. The molecule has 0 saturated carbocycles. The zero-order valence-electron chi connectivity index (χ0n) is 10.7. The molecule has 2 aromatic rings. The molecule has 0 bridgehead atoms. The molecule has 1 heterocycles. The summed E-state index contributed by atoms with van der Waals surface area (Å²) in [6.45, 7) is 8.42. The monoisotopic (exact) mass is 247 g/mol. The highest BCUT2D eigenvalue weighted by molar-refractivity contribution is 7.71. The van der Waals surface area contributed by atoms with E-state index >= 15 is 0 Å². The molecule has 1 aromatic carbocycles. The average molecular weight is 247 g/mol. The zero-order chi connectivity index (χ0) is 12.6. The van der Waals surface area contributed by atoms with Gasteiger partial charge in [-0.3, -0.25) is 9.67 Å². The molecule has 2 rings (SSSR count). The molecule has 0 spiro atoms. The van der Waals surface area contributed by atoms with Gasteiger partial charge in [0.15, 0.2) is 4.77 Å². The summed E-state index contributed by atoms with van der Waals surface area (Å²) < 4.78 is 2.70. The van der Waals surface area contributed by atoms with Gasteiger partial charge in [0, 0.05) is 6.42 Å². The smallest absolute Gasteiger partial charge is 0.199 e. The Bertz CT molecular complexity index is 584. The van der Waals surface area contributed by atoms with Gasteiger partial charge < -0.3 is 0 Å². The lowest BCUT2D eigenvalue weighted by Crippen LogP contribution is -2.05. The molecule has 17 heavy (non-hydrogen) atoms. The SMILES string of the molecule is CCc1n[nH]c(=S)n1-c1c(C)cc(C)cc1C. The zero-order valence-corrected chi connectivity index (χ0v) is 11.5. The van der Waals surface area contributed by atoms with Gasteiger partial charge >= 0.3 is 0 Å². The number of nitrogens with one attached hydrogen (secondary N) is 1. The molecular weight excluding hydrogens is 230 g/mol. The Kier molecular flexibility index (Phi) is 3.15. The van der Waals surface area contributed by atoms with Crippen molar-refractivity contribution in [1.82, 2.24) is 14.8 Å². The first-order valence-electron chi connectivity index (χ1n) is 5.79. The third kappa shape index (κ3) is 2.05. The number of hydrogen-bond donors (Lipinski definition) is 1. The van der Waals surface area contributed by atoms with Crippen LogP contribution in [0, 0.1) is 25.5 Å². The van der Waals surface area contributed by atoms with Crippen LogP contribution < -0.4 is 0 Å². The predicted octanol–water partition coefficient (Wildman–Crippen LogP) is 3.42. The van der Waals surface area contributed by atoms with E-state index in [0.29, 0.717) is 4.77 Å². The Morgan fingerprint density at radius 1 is 1.24 bits per heavy atom. The Labute approximate surface area is 106 Å². The summed E-state index contributed by atoms with van der Waals surface area (Å²) >= 11 is 5.32. The molecule has 1 N–H and O–H groups in total. The maximum atomic E-state index is 5.32. The average Bonchev–Trinajstić information content (AvgIpc) is 2.59. The normalized spacial score (nSPS) is 10.8. The summed E-state index contributed by atoms with van der Waals surface area (Å²) in [5.74, 6) is 0.977. The summed E-state index contributed by atoms with van der Waals surface area (Å²) in [5.41, 5.74) is 4.90. The van der Waals surface area contributed by atoms with Crippen LogP contribution in [0.4, 0.5) is 0 Å². The quantitative estimate of drug-likeness (QED) is 0.825. The minimum Gasteiger partial charge on any atom is -0.272 e. The number of aryl methyl sites for hydroxylation is 4. The Hall–Kier alpha value is -1.42. The summed E-state index contributed by atoms with van der Waals surface area (Å²) in [6.07, 6.45) is 0.861. The molecule has 4 heteroatoms. The number of nitrogens with zero attached hydrogens (tertiary/aromatic N) is 2. The van der Waals surface area contributed by atoms with Crippen LogP contribution in [0.3, 0.4) is 0 Å². The molecule has 1 aromatic heterocycles. The van der Waals surface area contributed by atoms with Crippen LogP contribution in [0.2, 0.25) is 0 Å². The maximum absolute atomic E-state index is 5.32. The van der Waals surface area contributed by atoms with Gasteiger partial charge in [0.2, 0.25) is 0 Å². The van der Waals surface area contributed by atoms with Crippen molar-refractivity contribution in [3.8, 4) is 5.69 Å². The van der Waals surface area contributed by atoms with Crippen molar-refractivity contribution in [2.24, 2.45) is 0 Å². The van der Waals surface area contributed by atoms with Gasteiger partial charge in [-0.15, -0.1) is 0 Å². The lowest BCUT2D eigenvalue weighted by molar-refractivity contribution is 0.870. The molecule has 0 aliphatic heterocycles. The van der Waals surface area contributed by atoms with Gasteiger partial charge in [-0.2, -0.15) is 5.10 Å². The van der Waals surface area contributed by atoms with Crippen LogP contribution in [0.1, 0.15) is 29.4 Å². The van der Waals surface area contributed by atoms with E-state index in [-0.39, 0.29) is 0 Å². The molecular formula is C13H17N3S. The van der Waals surface area contributed by atoms with Crippen LogP contribution in [0.5, 0.6) is 0 Å². The number of aromatic nitrogens is 3. The fourth-order valence-corrected chi connectivity index (χ4v) is 2.56. The molecule has 0 saturated heterocycles. The van der Waals surface area contributed by atoms with Crippen molar-refractivity contribution in [3.05, 3.63) is 39.4 Å².